The van der Waals surface area contributed by atoms with E-state index in [1.165, 1.54) is 19.2 Å². The fourth-order valence-corrected chi connectivity index (χ4v) is 3.62. The lowest BCUT2D eigenvalue weighted by Crippen LogP contribution is -2.11. The topological polar surface area (TPSA) is 140 Å². The van der Waals surface area contributed by atoms with Gasteiger partial charge in [0.05, 0.1) is 25.8 Å². The number of carboxylic acids is 1. The van der Waals surface area contributed by atoms with E-state index in [1.807, 2.05) is 0 Å². The first-order valence-corrected chi connectivity index (χ1v) is 10.2. The normalized spacial score (nSPS) is 12.4. The molecule has 0 unspecified atom stereocenters. The van der Waals surface area contributed by atoms with Gasteiger partial charge in [-0.1, -0.05) is 0 Å². The molecule has 1 aliphatic heterocycles. The predicted molar refractivity (Wildman–Crippen MR) is 119 cm³/mol. The number of rotatable bonds is 6. The third kappa shape index (κ3) is 4.13. The number of aryl methyl sites for hydroxylation is 1. The minimum absolute atomic E-state index is 0.0313. The lowest BCUT2D eigenvalue weighted by molar-refractivity contribution is 0.0685. The number of esters is 1. The lowest BCUT2D eigenvalue weighted by Gasteiger charge is -2.16. The summed E-state index contributed by atoms with van der Waals surface area (Å²) in [5.41, 5.74) is 1.66. The number of aromatic hydroxyl groups is 1. The van der Waals surface area contributed by atoms with Crippen LogP contribution in [0.25, 0.3) is 0 Å². The molecule has 0 fully saturated rings. The fraction of sp³-hybridized carbons (Fsp3) is 0.208. The molecule has 0 radical (unpaired) electrons. The molecule has 0 saturated heterocycles. The molecule has 1 aromatic heterocycles. The molecule has 2 heterocycles. The third-order valence-corrected chi connectivity index (χ3v) is 5.38. The Morgan fingerprint density at radius 1 is 1.06 bits per heavy atom. The largest absolute Gasteiger partial charge is 0.507 e. The molecule has 10 nitrogen and oxygen atoms in total. The van der Waals surface area contributed by atoms with Crippen molar-refractivity contribution in [3.8, 4) is 28.7 Å². The van der Waals surface area contributed by atoms with Gasteiger partial charge in [-0.05, 0) is 49.2 Å². The number of phenols is 1. The smallest absolute Gasteiger partial charge is 0.347 e. The molecular formula is C24H21N3O7. The van der Waals surface area contributed by atoms with Crippen molar-refractivity contribution in [1.29, 1.82) is 0 Å². The van der Waals surface area contributed by atoms with Crippen molar-refractivity contribution < 1.29 is 34.0 Å². The summed E-state index contributed by atoms with van der Waals surface area (Å²) in [6.45, 7) is 3.42. The van der Waals surface area contributed by atoms with E-state index in [0.717, 1.165) is 5.56 Å². The average Bonchev–Trinajstić information content (AvgIpc) is 2.96. The first-order chi connectivity index (χ1) is 16.3. The zero-order chi connectivity index (χ0) is 24.4. The Labute approximate surface area is 194 Å². The van der Waals surface area contributed by atoms with Crippen LogP contribution in [0.3, 0.4) is 0 Å². The summed E-state index contributed by atoms with van der Waals surface area (Å²) in [6.07, 6.45) is 3.29. The number of carboxylic acid groups (broad SMARTS) is 1. The van der Waals surface area contributed by atoms with Gasteiger partial charge in [-0.3, -0.25) is 4.98 Å². The van der Waals surface area contributed by atoms with Crippen molar-refractivity contribution >= 4 is 11.9 Å². The highest BCUT2D eigenvalue weighted by Crippen LogP contribution is 2.48. The number of benzene rings is 2. The van der Waals surface area contributed by atoms with Crippen LogP contribution in [0.1, 0.15) is 43.0 Å². The maximum absolute atomic E-state index is 13.1. The Balaban J connectivity index is 1.80. The van der Waals surface area contributed by atoms with Crippen LogP contribution in [0, 0.1) is 13.8 Å². The number of carbonyl (C=O) groups is 2. The standard InChI is InChI=1S/C24H21N3O7/c1-12-8-17(28)16(11-27-26-10-14-4-6-25-7-5-14)21-19(12)24(31)34-20-13(2)18(32-3)9-15(23(29)30)22(20)33-21/h4-9,28H,10-11H2,1-3H3,(H,29,30). The molecule has 0 bridgehead atoms. The number of azo groups is 1. The molecule has 4 rings (SSSR count). The van der Waals surface area contributed by atoms with Crippen molar-refractivity contribution in [2.24, 2.45) is 10.2 Å². The number of aromatic nitrogens is 1. The second-order valence-electron chi connectivity index (χ2n) is 7.56. The van der Waals surface area contributed by atoms with E-state index < -0.39 is 11.9 Å². The van der Waals surface area contributed by atoms with Crippen LogP contribution in [0.15, 0.2) is 46.9 Å². The van der Waals surface area contributed by atoms with Gasteiger partial charge in [0, 0.05) is 18.0 Å². The van der Waals surface area contributed by atoms with Crippen LogP contribution >= 0.6 is 0 Å². The highest BCUT2D eigenvalue weighted by atomic mass is 16.6. The Bertz CT molecular complexity index is 1320. The first kappa shape index (κ1) is 22.7. The summed E-state index contributed by atoms with van der Waals surface area (Å²) >= 11 is 0. The summed E-state index contributed by atoms with van der Waals surface area (Å²) in [5.74, 6) is -2.27. The van der Waals surface area contributed by atoms with Crippen molar-refractivity contribution in [2.45, 2.75) is 26.9 Å². The van der Waals surface area contributed by atoms with Gasteiger partial charge in [0.2, 0.25) is 0 Å². The Hall–Kier alpha value is -4.47. The van der Waals surface area contributed by atoms with Crippen LogP contribution in [-0.4, -0.2) is 34.2 Å². The maximum Gasteiger partial charge on any atom is 0.347 e. The van der Waals surface area contributed by atoms with Gasteiger partial charge in [0.1, 0.15) is 22.6 Å². The van der Waals surface area contributed by atoms with Gasteiger partial charge >= 0.3 is 11.9 Å². The summed E-state index contributed by atoms with van der Waals surface area (Å²) in [6, 6.07) is 6.29. The molecule has 0 aliphatic carbocycles. The molecule has 0 spiro atoms. The first-order valence-electron chi connectivity index (χ1n) is 10.2. The monoisotopic (exact) mass is 463 g/mol. The van der Waals surface area contributed by atoms with Crippen LogP contribution in [0.5, 0.6) is 28.7 Å². The number of fused-ring (bicyclic) bond motifs is 2. The number of hydrogen-bond acceptors (Lipinski definition) is 9. The SMILES string of the molecule is COc1cc(C(=O)O)c2c(c1C)OC(=O)c1c(C)cc(O)c(CN=NCc3ccncc3)c1O2. The average molecular weight is 463 g/mol. The number of ether oxygens (including phenoxy) is 3. The van der Waals surface area contributed by atoms with Gasteiger partial charge in [-0.25, -0.2) is 9.59 Å². The number of carbonyl (C=O) groups excluding carboxylic acids is 1. The molecule has 1 aliphatic rings. The minimum Gasteiger partial charge on any atom is -0.507 e. The van der Waals surface area contributed by atoms with Crippen molar-refractivity contribution in [1.82, 2.24) is 4.98 Å². The van der Waals surface area contributed by atoms with Crippen LogP contribution in [0.2, 0.25) is 0 Å². The second kappa shape index (κ2) is 9.18. The minimum atomic E-state index is -1.30. The number of nitrogens with zero attached hydrogens (tertiary/aromatic N) is 3. The predicted octanol–water partition coefficient (Wildman–Crippen LogP) is 4.59. The van der Waals surface area contributed by atoms with E-state index in [2.05, 4.69) is 15.2 Å². The van der Waals surface area contributed by atoms with E-state index in [4.69, 9.17) is 14.2 Å². The van der Waals surface area contributed by atoms with Crippen molar-refractivity contribution in [3.63, 3.8) is 0 Å². The third-order valence-electron chi connectivity index (χ3n) is 5.38. The van der Waals surface area contributed by atoms with Gasteiger partial charge < -0.3 is 24.4 Å². The summed E-state index contributed by atoms with van der Waals surface area (Å²) in [4.78, 5) is 29.0. The van der Waals surface area contributed by atoms with Crippen molar-refractivity contribution in [3.05, 3.63) is 70.0 Å². The molecule has 3 aromatic rings. The number of methoxy groups -OCH3 is 1. The molecule has 34 heavy (non-hydrogen) atoms. The molecule has 0 atom stereocenters. The Kier molecular flexibility index (Phi) is 6.13. The van der Waals surface area contributed by atoms with Gasteiger partial charge in [-0.2, -0.15) is 10.2 Å². The van der Waals surface area contributed by atoms with Crippen LogP contribution < -0.4 is 14.2 Å². The van der Waals surface area contributed by atoms with Crippen LogP contribution in [-0.2, 0) is 13.1 Å². The fourth-order valence-electron chi connectivity index (χ4n) is 3.62. The number of pyridine rings is 1. The molecular weight excluding hydrogens is 442 g/mol. The number of phenolic OH excluding ortho intramolecular Hbond substituents is 1. The highest BCUT2D eigenvalue weighted by molar-refractivity contribution is 6.00. The quantitative estimate of drug-likeness (QED) is 0.307. The Morgan fingerprint density at radius 3 is 2.44 bits per heavy atom. The Morgan fingerprint density at radius 2 is 1.76 bits per heavy atom. The molecule has 2 N–H and O–H groups in total. The van der Waals surface area contributed by atoms with Crippen molar-refractivity contribution in [2.75, 3.05) is 7.11 Å². The molecule has 0 saturated carbocycles. The highest BCUT2D eigenvalue weighted by Gasteiger charge is 2.34. The lowest BCUT2D eigenvalue weighted by atomic mass is 10.0. The van der Waals surface area contributed by atoms with E-state index >= 15 is 0 Å². The molecule has 174 valence electrons. The molecule has 2 aromatic carbocycles. The zero-order valence-electron chi connectivity index (χ0n) is 18.7. The summed E-state index contributed by atoms with van der Waals surface area (Å²) in [5, 5.41) is 28.6. The summed E-state index contributed by atoms with van der Waals surface area (Å²) < 4.78 is 16.8. The van der Waals surface area contributed by atoms with E-state index in [1.54, 1.807) is 38.4 Å². The number of hydrogen-bond donors (Lipinski definition) is 2. The maximum atomic E-state index is 13.1. The summed E-state index contributed by atoms with van der Waals surface area (Å²) in [7, 11) is 1.38. The zero-order valence-corrected chi connectivity index (χ0v) is 18.7. The molecule has 0 amide bonds. The van der Waals surface area contributed by atoms with E-state index in [0.29, 0.717) is 17.7 Å². The second-order valence-corrected chi connectivity index (χ2v) is 7.56. The van der Waals surface area contributed by atoms with Crippen LogP contribution in [0.4, 0.5) is 0 Å². The number of aromatic carboxylic acids is 1. The molecule has 10 heteroatoms. The van der Waals surface area contributed by atoms with Gasteiger partial charge in [0.15, 0.2) is 17.2 Å². The van der Waals surface area contributed by atoms with Gasteiger partial charge in [-0.15, -0.1) is 0 Å². The van der Waals surface area contributed by atoms with E-state index in [9.17, 15) is 19.8 Å². The van der Waals surface area contributed by atoms with Gasteiger partial charge in [0.25, 0.3) is 0 Å². The van der Waals surface area contributed by atoms with E-state index in [-0.39, 0.29) is 52.0 Å².